The van der Waals surface area contributed by atoms with Crippen molar-refractivity contribution in [1.82, 2.24) is 15.1 Å². The van der Waals surface area contributed by atoms with E-state index in [0.717, 1.165) is 18.0 Å². The van der Waals surface area contributed by atoms with Crippen molar-refractivity contribution in [2.75, 3.05) is 39.3 Å². The average Bonchev–Trinajstić information content (AvgIpc) is 3.12. The summed E-state index contributed by atoms with van der Waals surface area (Å²) >= 11 is 0. The smallest absolute Gasteiger partial charge is 0.0195 e. The molecule has 0 radical (unpaired) electrons. The number of hydrogen-bond donors (Lipinski definition) is 1. The van der Waals surface area contributed by atoms with Gasteiger partial charge in [0.15, 0.2) is 0 Å². The van der Waals surface area contributed by atoms with Crippen LogP contribution in [0.2, 0.25) is 0 Å². The fourth-order valence-electron chi connectivity index (χ4n) is 3.80. The summed E-state index contributed by atoms with van der Waals surface area (Å²) in [6.07, 6.45) is 8.55. The number of piperidine rings is 1. The standard InChI is InChI=1S/C16H31N3/c1-2-18-10-7-16(8-11-18)19(12-14-5-6-14)13-15-4-3-9-17-15/h14-17H,2-13H2,1H3. The third kappa shape index (κ3) is 3.93. The Labute approximate surface area is 118 Å². The topological polar surface area (TPSA) is 18.5 Å². The zero-order valence-electron chi connectivity index (χ0n) is 12.6. The fourth-order valence-corrected chi connectivity index (χ4v) is 3.80. The molecular formula is C16H31N3. The highest BCUT2D eigenvalue weighted by Gasteiger charge is 2.31. The van der Waals surface area contributed by atoms with Crippen molar-refractivity contribution in [1.29, 1.82) is 0 Å². The molecule has 3 fully saturated rings. The molecule has 1 unspecified atom stereocenters. The van der Waals surface area contributed by atoms with Gasteiger partial charge in [-0.2, -0.15) is 0 Å². The van der Waals surface area contributed by atoms with Gasteiger partial charge in [-0.1, -0.05) is 6.92 Å². The molecule has 3 heteroatoms. The van der Waals surface area contributed by atoms with E-state index in [-0.39, 0.29) is 0 Å². The summed E-state index contributed by atoms with van der Waals surface area (Å²) in [6, 6.07) is 1.65. The number of rotatable bonds is 6. The first kappa shape index (κ1) is 13.8. The van der Waals surface area contributed by atoms with Gasteiger partial charge in [0.2, 0.25) is 0 Å². The minimum absolute atomic E-state index is 0.781. The summed E-state index contributed by atoms with van der Waals surface area (Å²) in [7, 11) is 0. The Balaban J connectivity index is 1.51. The van der Waals surface area contributed by atoms with Crippen LogP contribution in [0.5, 0.6) is 0 Å². The molecule has 3 aliphatic rings. The summed E-state index contributed by atoms with van der Waals surface area (Å²) in [4.78, 5) is 5.47. The molecule has 3 nitrogen and oxygen atoms in total. The van der Waals surface area contributed by atoms with Crippen molar-refractivity contribution < 1.29 is 0 Å². The summed E-state index contributed by atoms with van der Waals surface area (Å²) in [5, 5.41) is 3.69. The normalized spacial score (nSPS) is 30.3. The first-order valence-corrected chi connectivity index (χ1v) is 8.55. The van der Waals surface area contributed by atoms with Crippen LogP contribution in [0.4, 0.5) is 0 Å². The monoisotopic (exact) mass is 265 g/mol. The van der Waals surface area contributed by atoms with Gasteiger partial charge in [0.1, 0.15) is 0 Å². The average molecular weight is 265 g/mol. The number of hydrogen-bond acceptors (Lipinski definition) is 3. The molecule has 19 heavy (non-hydrogen) atoms. The molecule has 1 atom stereocenters. The number of nitrogens with one attached hydrogen (secondary N) is 1. The van der Waals surface area contributed by atoms with Gasteiger partial charge in [-0.3, -0.25) is 4.90 Å². The molecule has 0 aromatic rings. The lowest BCUT2D eigenvalue weighted by Gasteiger charge is -2.39. The maximum absolute atomic E-state index is 3.69. The van der Waals surface area contributed by atoms with E-state index < -0.39 is 0 Å². The highest BCUT2D eigenvalue weighted by atomic mass is 15.2. The zero-order chi connectivity index (χ0) is 13.1. The van der Waals surface area contributed by atoms with Crippen LogP contribution in [0.1, 0.15) is 45.4 Å². The van der Waals surface area contributed by atoms with E-state index in [1.54, 1.807) is 0 Å². The van der Waals surface area contributed by atoms with E-state index in [0.29, 0.717) is 0 Å². The highest BCUT2D eigenvalue weighted by molar-refractivity contribution is 4.88. The fraction of sp³-hybridized carbons (Fsp3) is 1.00. The van der Waals surface area contributed by atoms with Crippen LogP contribution in [0.3, 0.4) is 0 Å². The van der Waals surface area contributed by atoms with Crippen LogP contribution >= 0.6 is 0 Å². The van der Waals surface area contributed by atoms with E-state index in [2.05, 4.69) is 22.0 Å². The Bertz CT molecular complexity index is 263. The lowest BCUT2D eigenvalue weighted by atomic mass is 10.0. The molecule has 2 saturated heterocycles. The first-order chi connectivity index (χ1) is 9.35. The summed E-state index contributed by atoms with van der Waals surface area (Å²) in [5.74, 6) is 1.03. The predicted octanol–water partition coefficient (Wildman–Crippen LogP) is 1.93. The summed E-state index contributed by atoms with van der Waals surface area (Å²) < 4.78 is 0. The molecule has 1 aliphatic carbocycles. The van der Waals surface area contributed by atoms with Crippen molar-refractivity contribution >= 4 is 0 Å². The maximum atomic E-state index is 3.69. The van der Waals surface area contributed by atoms with Gasteiger partial charge in [-0.15, -0.1) is 0 Å². The number of nitrogens with zero attached hydrogens (tertiary/aromatic N) is 2. The lowest BCUT2D eigenvalue weighted by molar-refractivity contribution is 0.0996. The molecule has 2 aliphatic heterocycles. The third-order valence-corrected chi connectivity index (χ3v) is 5.33. The van der Waals surface area contributed by atoms with Crippen LogP contribution in [0, 0.1) is 5.92 Å². The molecular weight excluding hydrogens is 234 g/mol. The third-order valence-electron chi connectivity index (χ3n) is 5.33. The van der Waals surface area contributed by atoms with Gasteiger partial charge in [0.05, 0.1) is 0 Å². The van der Waals surface area contributed by atoms with Gasteiger partial charge >= 0.3 is 0 Å². The quantitative estimate of drug-likeness (QED) is 0.792. The Kier molecular flexibility index (Phi) is 4.78. The number of likely N-dealkylation sites (tertiary alicyclic amines) is 1. The van der Waals surface area contributed by atoms with Gasteiger partial charge in [-0.05, 0) is 70.6 Å². The summed E-state index contributed by atoms with van der Waals surface area (Å²) in [5.41, 5.74) is 0. The molecule has 1 N–H and O–H groups in total. The second-order valence-electron chi connectivity index (χ2n) is 6.86. The van der Waals surface area contributed by atoms with Gasteiger partial charge < -0.3 is 10.2 Å². The Morgan fingerprint density at radius 3 is 2.42 bits per heavy atom. The largest absolute Gasteiger partial charge is 0.313 e. The minimum Gasteiger partial charge on any atom is -0.313 e. The Morgan fingerprint density at radius 2 is 1.84 bits per heavy atom. The highest BCUT2D eigenvalue weighted by Crippen LogP contribution is 2.32. The van der Waals surface area contributed by atoms with Crippen molar-refractivity contribution in [2.45, 2.75) is 57.5 Å². The second-order valence-corrected chi connectivity index (χ2v) is 6.86. The van der Waals surface area contributed by atoms with Crippen molar-refractivity contribution in [3.05, 3.63) is 0 Å². The predicted molar refractivity (Wildman–Crippen MR) is 80.5 cm³/mol. The van der Waals surface area contributed by atoms with E-state index in [1.807, 2.05) is 0 Å². The molecule has 0 aromatic carbocycles. The molecule has 110 valence electrons. The van der Waals surface area contributed by atoms with Gasteiger partial charge in [0.25, 0.3) is 0 Å². The molecule has 0 spiro atoms. The molecule has 0 bridgehead atoms. The molecule has 3 rings (SSSR count). The maximum Gasteiger partial charge on any atom is 0.0195 e. The van der Waals surface area contributed by atoms with Crippen LogP contribution in [-0.4, -0.2) is 61.2 Å². The van der Waals surface area contributed by atoms with Crippen LogP contribution in [0.15, 0.2) is 0 Å². The van der Waals surface area contributed by atoms with Gasteiger partial charge in [0, 0.05) is 25.2 Å². The van der Waals surface area contributed by atoms with E-state index in [9.17, 15) is 0 Å². The van der Waals surface area contributed by atoms with E-state index in [1.165, 1.54) is 77.8 Å². The van der Waals surface area contributed by atoms with Gasteiger partial charge in [-0.25, -0.2) is 0 Å². The minimum atomic E-state index is 0.781. The molecule has 2 heterocycles. The van der Waals surface area contributed by atoms with Crippen LogP contribution < -0.4 is 5.32 Å². The Morgan fingerprint density at radius 1 is 1.05 bits per heavy atom. The molecule has 0 aromatic heterocycles. The molecule has 1 saturated carbocycles. The van der Waals surface area contributed by atoms with Crippen molar-refractivity contribution in [3.8, 4) is 0 Å². The first-order valence-electron chi connectivity index (χ1n) is 8.55. The molecule has 0 amide bonds. The SMILES string of the molecule is CCN1CCC(N(CC2CC2)CC2CCCN2)CC1. The lowest BCUT2D eigenvalue weighted by Crippen LogP contribution is -2.49. The zero-order valence-corrected chi connectivity index (χ0v) is 12.6. The van der Waals surface area contributed by atoms with Crippen LogP contribution in [0.25, 0.3) is 0 Å². The summed E-state index contributed by atoms with van der Waals surface area (Å²) in [6.45, 7) is 10.1. The van der Waals surface area contributed by atoms with Crippen LogP contribution in [-0.2, 0) is 0 Å². The van der Waals surface area contributed by atoms with E-state index >= 15 is 0 Å². The Hall–Kier alpha value is -0.120. The van der Waals surface area contributed by atoms with Crippen molar-refractivity contribution in [2.24, 2.45) is 5.92 Å². The van der Waals surface area contributed by atoms with Crippen molar-refractivity contribution in [3.63, 3.8) is 0 Å². The van der Waals surface area contributed by atoms with E-state index in [4.69, 9.17) is 0 Å². The second kappa shape index (κ2) is 6.55.